The Morgan fingerprint density at radius 3 is 3.00 bits per heavy atom. The standard InChI is InChI=1S/C12H19NOS/c1-3-12(2)10(13)7-11(12)14-8-9-5-4-6-15-9/h4-6,10-11H,3,7-8,13H2,1-2H3. The van der Waals surface area contributed by atoms with Crippen molar-refractivity contribution in [1.29, 1.82) is 0 Å². The molecule has 0 radical (unpaired) electrons. The van der Waals surface area contributed by atoms with E-state index in [0.717, 1.165) is 19.4 Å². The Balaban J connectivity index is 1.86. The third-order valence-electron chi connectivity index (χ3n) is 3.82. The Hall–Kier alpha value is -0.380. The zero-order chi connectivity index (χ0) is 10.9. The van der Waals surface area contributed by atoms with Crippen molar-refractivity contribution in [3.63, 3.8) is 0 Å². The SMILES string of the molecule is CCC1(C)C(N)CC1OCc1cccs1. The van der Waals surface area contributed by atoms with Crippen molar-refractivity contribution in [2.24, 2.45) is 11.1 Å². The maximum absolute atomic E-state index is 6.03. The highest BCUT2D eigenvalue weighted by Gasteiger charge is 2.49. The Morgan fingerprint density at radius 1 is 1.67 bits per heavy atom. The molecule has 0 aliphatic heterocycles. The van der Waals surface area contributed by atoms with Gasteiger partial charge in [-0.3, -0.25) is 0 Å². The summed E-state index contributed by atoms with van der Waals surface area (Å²) in [7, 11) is 0. The van der Waals surface area contributed by atoms with Crippen LogP contribution in [0.5, 0.6) is 0 Å². The van der Waals surface area contributed by atoms with E-state index in [2.05, 4.69) is 31.4 Å². The molecule has 2 rings (SSSR count). The fraction of sp³-hybridized carbons (Fsp3) is 0.667. The largest absolute Gasteiger partial charge is 0.372 e. The number of rotatable bonds is 4. The van der Waals surface area contributed by atoms with E-state index in [1.807, 2.05) is 0 Å². The van der Waals surface area contributed by atoms with Gasteiger partial charge in [0.1, 0.15) is 0 Å². The third-order valence-corrected chi connectivity index (χ3v) is 4.67. The Kier molecular flexibility index (Phi) is 3.14. The first-order valence-corrected chi connectivity index (χ1v) is 6.44. The average molecular weight is 225 g/mol. The minimum atomic E-state index is 0.192. The second-order valence-corrected chi connectivity index (χ2v) is 5.61. The Bertz CT molecular complexity index is 311. The quantitative estimate of drug-likeness (QED) is 0.855. The topological polar surface area (TPSA) is 35.2 Å². The Morgan fingerprint density at radius 2 is 2.47 bits per heavy atom. The zero-order valence-corrected chi connectivity index (χ0v) is 10.2. The summed E-state index contributed by atoms with van der Waals surface area (Å²) in [6, 6.07) is 4.50. The summed E-state index contributed by atoms with van der Waals surface area (Å²) < 4.78 is 5.93. The lowest BCUT2D eigenvalue weighted by Crippen LogP contribution is -2.60. The summed E-state index contributed by atoms with van der Waals surface area (Å²) in [6.45, 7) is 5.17. The van der Waals surface area contributed by atoms with Crippen LogP contribution in [0.3, 0.4) is 0 Å². The van der Waals surface area contributed by atoms with Crippen molar-refractivity contribution < 1.29 is 4.74 Å². The van der Waals surface area contributed by atoms with Crippen molar-refractivity contribution in [2.45, 2.75) is 45.4 Å². The molecule has 1 aromatic rings. The van der Waals surface area contributed by atoms with Crippen LogP contribution in [0.4, 0.5) is 0 Å². The minimum Gasteiger partial charge on any atom is -0.372 e. The van der Waals surface area contributed by atoms with Crippen LogP contribution >= 0.6 is 11.3 Å². The lowest BCUT2D eigenvalue weighted by molar-refractivity contribution is -0.125. The molecule has 1 aliphatic rings. The monoisotopic (exact) mass is 225 g/mol. The molecule has 3 heteroatoms. The van der Waals surface area contributed by atoms with Crippen LogP contribution in [0.1, 0.15) is 31.6 Å². The van der Waals surface area contributed by atoms with E-state index in [-0.39, 0.29) is 5.41 Å². The van der Waals surface area contributed by atoms with Crippen LogP contribution in [-0.2, 0) is 11.3 Å². The molecular formula is C12H19NOS. The van der Waals surface area contributed by atoms with Crippen LogP contribution in [0.2, 0.25) is 0 Å². The molecular weight excluding hydrogens is 206 g/mol. The lowest BCUT2D eigenvalue weighted by Gasteiger charge is -2.51. The van der Waals surface area contributed by atoms with Crippen molar-refractivity contribution in [1.82, 2.24) is 0 Å². The first-order chi connectivity index (χ1) is 7.16. The fourth-order valence-electron chi connectivity index (χ4n) is 2.17. The molecule has 0 saturated heterocycles. The molecule has 0 bridgehead atoms. The highest BCUT2D eigenvalue weighted by atomic mass is 32.1. The maximum Gasteiger partial charge on any atom is 0.0813 e. The van der Waals surface area contributed by atoms with Crippen LogP contribution < -0.4 is 5.73 Å². The van der Waals surface area contributed by atoms with Gasteiger partial charge in [0.05, 0.1) is 12.7 Å². The molecule has 3 unspecified atom stereocenters. The number of nitrogens with two attached hydrogens (primary N) is 1. The van der Waals surface area contributed by atoms with Crippen LogP contribution in [0.15, 0.2) is 17.5 Å². The predicted molar refractivity (Wildman–Crippen MR) is 63.9 cm³/mol. The Labute approximate surface area is 95.4 Å². The van der Waals surface area contributed by atoms with Gasteiger partial charge in [0, 0.05) is 16.3 Å². The first-order valence-electron chi connectivity index (χ1n) is 5.56. The van der Waals surface area contributed by atoms with Gasteiger partial charge in [-0.2, -0.15) is 0 Å². The average Bonchev–Trinajstić information content (AvgIpc) is 2.75. The second-order valence-electron chi connectivity index (χ2n) is 4.58. The molecule has 0 spiro atoms. The van der Waals surface area contributed by atoms with E-state index in [1.165, 1.54) is 4.88 Å². The van der Waals surface area contributed by atoms with Gasteiger partial charge >= 0.3 is 0 Å². The highest BCUT2D eigenvalue weighted by Crippen LogP contribution is 2.44. The smallest absolute Gasteiger partial charge is 0.0813 e. The van der Waals surface area contributed by atoms with Crippen molar-refractivity contribution >= 4 is 11.3 Å². The van der Waals surface area contributed by atoms with E-state index in [0.29, 0.717) is 12.1 Å². The van der Waals surface area contributed by atoms with Crippen molar-refractivity contribution in [2.75, 3.05) is 0 Å². The minimum absolute atomic E-state index is 0.192. The third kappa shape index (κ3) is 1.96. The molecule has 1 aliphatic carbocycles. The molecule has 2 N–H and O–H groups in total. The van der Waals surface area contributed by atoms with Crippen molar-refractivity contribution in [3.05, 3.63) is 22.4 Å². The molecule has 0 amide bonds. The van der Waals surface area contributed by atoms with Gasteiger partial charge in [0.15, 0.2) is 0 Å². The maximum atomic E-state index is 6.03. The van der Waals surface area contributed by atoms with E-state index in [4.69, 9.17) is 10.5 Å². The fourth-order valence-corrected chi connectivity index (χ4v) is 2.80. The van der Waals surface area contributed by atoms with Gasteiger partial charge in [-0.25, -0.2) is 0 Å². The van der Waals surface area contributed by atoms with Gasteiger partial charge in [0.2, 0.25) is 0 Å². The normalized spacial score (nSPS) is 35.1. The summed E-state index contributed by atoms with van der Waals surface area (Å²) in [5.74, 6) is 0. The summed E-state index contributed by atoms with van der Waals surface area (Å²) >= 11 is 1.75. The zero-order valence-electron chi connectivity index (χ0n) is 9.40. The summed E-state index contributed by atoms with van der Waals surface area (Å²) in [6.07, 6.45) is 2.46. The van der Waals surface area contributed by atoms with Gasteiger partial charge in [0.25, 0.3) is 0 Å². The van der Waals surface area contributed by atoms with Gasteiger partial charge in [-0.1, -0.05) is 19.9 Å². The first kappa shape index (κ1) is 11.1. The van der Waals surface area contributed by atoms with Gasteiger partial charge < -0.3 is 10.5 Å². The molecule has 3 atom stereocenters. The molecule has 15 heavy (non-hydrogen) atoms. The van der Waals surface area contributed by atoms with Crippen LogP contribution in [-0.4, -0.2) is 12.1 Å². The summed E-state index contributed by atoms with van der Waals surface area (Å²) in [4.78, 5) is 1.30. The van der Waals surface area contributed by atoms with Gasteiger partial charge in [-0.15, -0.1) is 11.3 Å². The van der Waals surface area contributed by atoms with E-state index in [1.54, 1.807) is 11.3 Å². The summed E-state index contributed by atoms with van der Waals surface area (Å²) in [5.41, 5.74) is 6.22. The van der Waals surface area contributed by atoms with Gasteiger partial charge in [-0.05, 0) is 24.3 Å². The number of hydrogen-bond donors (Lipinski definition) is 1. The number of hydrogen-bond acceptors (Lipinski definition) is 3. The lowest BCUT2D eigenvalue weighted by atomic mass is 9.62. The highest BCUT2D eigenvalue weighted by molar-refractivity contribution is 7.09. The van der Waals surface area contributed by atoms with Crippen LogP contribution in [0, 0.1) is 5.41 Å². The molecule has 1 aromatic heterocycles. The second kappa shape index (κ2) is 4.24. The summed E-state index contributed by atoms with van der Waals surface area (Å²) in [5, 5.41) is 2.09. The molecule has 1 saturated carbocycles. The molecule has 84 valence electrons. The molecule has 2 nitrogen and oxygen atoms in total. The molecule has 0 aromatic carbocycles. The molecule has 1 heterocycles. The van der Waals surface area contributed by atoms with E-state index < -0.39 is 0 Å². The van der Waals surface area contributed by atoms with E-state index in [9.17, 15) is 0 Å². The van der Waals surface area contributed by atoms with E-state index >= 15 is 0 Å². The predicted octanol–water partition coefficient (Wildman–Crippen LogP) is 2.78. The van der Waals surface area contributed by atoms with Crippen molar-refractivity contribution in [3.8, 4) is 0 Å². The number of thiophene rings is 1. The van der Waals surface area contributed by atoms with Crippen LogP contribution in [0.25, 0.3) is 0 Å². The molecule has 1 fully saturated rings. The number of ether oxygens (including phenoxy) is 1.